The number of hydrogen-bond acceptors (Lipinski definition) is 7. The second-order valence-electron chi connectivity index (χ2n) is 12.0. The van der Waals surface area contributed by atoms with E-state index in [9.17, 15) is 9.90 Å². The first-order chi connectivity index (χ1) is 16.3. The fourth-order valence-corrected chi connectivity index (χ4v) is 8.75. The van der Waals surface area contributed by atoms with Gasteiger partial charge < -0.3 is 30.0 Å². The molecule has 0 aromatic heterocycles. The van der Waals surface area contributed by atoms with Crippen molar-refractivity contribution >= 4 is 22.8 Å². The first-order valence-electron chi connectivity index (χ1n) is 13.2. The summed E-state index contributed by atoms with van der Waals surface area (Å²) in [5, 5.41) is 18.2. The van der Waals surface area contributed by atoms with Gasteiger partial charge in [-0.1, -0.05) is 11.8 Å². The van der Waals surface area contributed by atoms with Crippen LogP contribution in [-0.2, 0) is 19.0 Å². The number of aliphatic imine (C=N–C) groups is 1. The van der Waals surface area contributed by atoms with Crippen LogP contribution in [0.5, 0.6) is 0 Å². The van der Waals surface area contributed by atoms with Crippen LogP contribution in [0.1, 0.15) is 65.2 Å². The van der Waals surface area contributed by atoms with Crippen molar-refractivity contribution in [3.05, 3.63) is 0 Å². The lowest BCUT2D eigenvalue weighted by atomic mass is 9.49. The summed E-state index contributed by atoms with van der Waals surface area (Å²) in [6.07, 6.45) is 7.32. The maximum atomic E-state index is 13.0. The molecule has 7 rings (SSSR count). The standard InChI is InChI=1S/C25H39N3O5S/c1-24(2)32-20-18(29)19(31-21(20)33-24)17-13-34-23(28-17)27-6-4-3-5-26-22(30)25-10-14-7-15(11-25)9-16(8-14)12-25/h14-21,29H,3-13H2,1-2H3,(H,26,30)(H,27,28)/t14?,15?,16?,17-,18+,19-,20-,21-,25?/m1/s1. The normalized spacial score (nSPS) is 47.2. The molecular weight excluding hydrogens is 454 g/mol. The third kappa shape index (κ3) is 4.40. The molecule has 0 aromatic rings. The molecule has 3 saturated heterocycles. The Morgan fingerprint density at radius 1 is 1.12 bits per heavy atom. The lowest BCUT2D eigenvalue weighted by Crippen LogP contribution is -2.53. The van der Waals surface area contributed by atoms with E-state index in [-0.39, 0.29) is 17.6 Å². The lowest BCUT2D eigenvalue weighted by molar-refractivity contribution is -0.216. The molecular formula is C25H39N3O5S. The van der Waals surface area contributed by atoms with E-state index in [1.54, 1.807) is 11.8 Å². The number of thioether (sulfide) groups is 1. The van der Waals surface area contributed by atoms with Crippen LogP contribution in [0, 0.1) is 23.2 Å². The van der Waals surface area contributed by atoms with Gasteiger partial charge in [-0.15, -0.1) is 0 Å². The van der Waals surface area contributed by atoms with Crippen LogP contribution in [0.2, 0.25) is 0 Å². The zero-order chi connectivity index (χ0) is 23.5. The number of amides is 1. The molecule has 0 spiro atoms. The number of aliphatic hydroxyl groups excluding tert-OH is 1. The third-order valence-corrected chi connectivity index (χ3v) is 9.85. The van der Waals surface area contributed by atoms with E-state index in [2.05, 4.69) is 10.6 Å². The zero-order valence-corrected chi connectivity index (χ0v) is 21.1. The van der Waals surface area contributed by atoms with Crippen LogP contribution in [0.4, 0.5) is 0 Å². The Hall–Kier alpha value is -0.870. The number of fused-ring (bicyclic) bond motifs is 1. The molecule has 9 heteroatoms. The highest BCUT2D eigenvalue weighted by Gasteiger charge is 2.57. The highest BCUT2D eigenvalue weighted by atomic mass is 32.2. The van der Waals surface area contributed by atoms with E-state index < -0.39 is 24.3 Å². The van der Waals surface area contributed by atoms with Crippen LogP contribution < -0.4 is 10.6 Å². The monoisotopic (exact) mass is 493 g/mol. The molecule has 3 heterocycles. The molecule has 0 unspecified atom stereocenters. The number of amidine groups is 1. The molecule has 3 aliphatic heterocycles. The Morgan fingerprint density at radius 3 is 2.50 bits per heavy atom. The van der Waals surface area contributed by atoms with Gasteiger partial charge in [-0.25, -0.2) is 0 Å². The number of unbranched alkanes of at least 4 members (excludes halogenated alkanes) is 1. The fourth-order valence-electron chi connectivity index (χ4n) is 7.72. The van der Waals surface area contributed by atoms with Gasteiger partial charge in [0.25, 0.3) is 0 Å². The average molecular weight is 494 g/mol. The molecule has 190 valence electrons. The average Bonchev–Trinajstić information content (AvgIpc) is 3.43. The highest BCUT2D eigenvalue weighted by Crippen LogP contribution is 2.60. The number of carbonyl (C=O) groups excluding carboxylic acids is 1. The van der Waals surface area contributed by atoms with Gasteiger partial charge in [-0.3, -0.25) is 9.79 Å². The molecule has 34 heavy (non-hydrogen) atoms. The molecule has 4 saturated carbocycles. The van der Waals surface area contributed by atoms with E-state index in [0.29, 0.717) is 5.91 Å². The zero-order valence-electron chi connectivity index (χ0n) is 20.3. The number of aliphatic hydroxyl groups is 1. The Balaban J connectivity index is 0.905. The second kappa shape index (κ2) is 8.91. The van der Waals surface area contributed by atoms with Gasteiger partial charge in [0.1, 0.15) is 18.3 Å². The minimum atomic E-state index is -0.722. The third-order valence-electron chi connectivity index (χ3n) is 8.80. The van der Waals surface area contributed by atoms with E-state index in [4.69, 9.17) is 19.2 Å². The van der Waals surface area contributed by atoms with Crippen molar-refractivity contribution in [1.82, 2.24) is 10.6 Å². The van der Waals surface area contributed by atoms with Gasteiger partial charge in [0, 0.05) is 24.3 Å². The maximum absolute atomic E-state index is 13.0. The van der Waals surface area contributed by atoms with Crippen LogP contribution >= 0.6 is 11.8 Å². The molecule has 4 aliphatic carbocycles. The minimum Gasteiger partial charge on any atom is -0.387 e. The van der Waals surface area contributed by atoms with Crippen molar-refractivity contribution in [2.75, 3.05) is 18.8 Å². The summed E-state index contributed by atoms with van der Waals surface area (Å²) in [4.78, 5) is 17.7. The fraction of sp³-hybridized carbons (Fsp3) is 0.920. The predicted octanol–water partition coefficient (Wildman–Crippen LogP) is 2.40. The molecule has 3 N–H and O–H groups in total. The van der Waals surface area contributed by atoms with Crippen molar-refractivity contribution < 1.29 is 24.1 Å². The van der Waals surface area contributed by atoms with Crippen LogP contribution in [0.25, 0.3) is 0 Å². The highest BCUT2D eigenvalue weighted by molar-refractivity contribution is 8.14. The van der Waals surface area contributed by atoms with E-state index >= 15 is 0 Å². The quantitative estimate of drug-likeness (QED) is 0.468. The van der Waals surface area contributed by atoms with E-state index in [1.165, 1.54) is 19.3 Å². The Kier molecular flexibility index (Phi) is 6.16. The number of nitrogens with one attached hydrogen (secondary N) is 2. The Labute approximate surface area is 206 Å². The smallest absolute Gasteiger partial charge is 0.226 e. The number of rotatable bonds is 7. The first-order valence-corrected chi connectivity index (χ1v) is 14.2. The summed E-state index contributed by atoms with van der Waals surface area (Å²) in [6.45, 7) is 5.14. The van der Waals surface area contributed by atoms with Crippen molar-refractivity contribution in [3.8, 4) is 0 Å². The topological polar surface area (TPSA) is 101 Å². The van der Waals surface area contributed by atoms with Gasteiger partial charge in [0.15, 0.2) is 17.2 Å². The van der Waals surface area contributed by atoms with Gasteiger partial charge in [-0.05, 0) is 83.0 Å². The van der Waals surface area contributed by atoms with Crippen LogP contribution in [0.3, 0.4) is 0 Å². The summed E-state index contributed by atoms with van der Waals surface area (Å²) < 4.78 is 17.5. The van der Waals surface area contributed by atoms with E-state index in [1.807, 2.05) is 13.8 Å². The predicted molar refractivity (Wildman–Crippen MR) is 129 cm³/mol. The molecule has 0 radical (unpaired) electrons. The molecule has 7 aliphatic rings. The summed E-state index contributed by atoms with van der Waals surface area (Å²) in [6, 6.07) is -0.0146. The SMILES string of the molecule is CC1(C)O[C@H]2O[C@H]([C@H]3CSC(=NCCCCNC(=O)C45CC6CC(CC(C6)C4)C5)N3)[C@H](O)[C@H]2O1. The molecule has 7 fully saturated rings. The molecule has 0 aromatic carbocycles. The molecule has 8 nitrogen and oxygen atoms in total. The summed E-state index contributed by atoms with van der Waals surface area (Å²) in [7, 11) is 0. The van der Waals surface area contributed by atoms with Crippen molar-refractivity contribution in [1.29, 1.82) is 0 Å². The molecule has 1 amide bonds. The second-order valence-corrected chi connectivity index (χ2v) is 13.0. The number of ether oxygens (including phenoxy) is 3. The first kappa shape index (κ1) is 23.5. The lowest BCUT2D eigenvalue weighted by Gasteiger charge is -2.55. The Bertz CT molecular complexity index is 800. The van der Waals surface area contributed by atoms with Crippen LogP contribution in [0.15, 0.2) is 4.99 Å². The number of nitrogens with zero attached hydrogens (tertiary/aromatic N) is 1. The molecule has 5 atom stereocenters. The number of hydrogen-bond donors (Lipinski definition) is 3. The largest absolute Gasteiger partial charge is 0.387 e. The van der Waals surface area contributed by atoms with Gasteiger partial charge in [-0.2, -0.15) is 0 Å². The van der Waals surface area contributed by atoms with Gasteiger partial charge in [0.05, 0.1) is 6.04 Å². The van der Waals surface area contributed by atoms with Crippen molar-refractivity contribution in [2.45, 2.75) is 102 Å². The number of carbonyl (C=O) groups is 1. The van der Waals surface area contributed by atoms with Gasteiger partial charge >= 0.3 is 0 Å². The van der Waals surface area contributed by atoms with Crippen LogP contribution in [-0.4, -0.2) is 71.5 Å². The van der Waals surface area contributed by atoms with Crippen molar-refractivity contribution in [2.24, 2.45) is 28.2 Å². The maximum Gasteiger partial charge on any atom is 0.226 e. The molecule has 4 bridgehead atoms. The van der Waals surface area contributed by atoms with Crippen molar-refractivity contribution in [3.63, 3.8) is 0 Å². The summed E-state index contributed by atoms with van der Waals surface area (Å²) in [5.41, 5.74) is -0.0500. The summed E-state index contributed by atoms with van der Waals surface area (Å²) in [5.74, 6) is 2.80. The van der Waals surface area contributed by atoms with Gasteiger partial charge in [0.2, 0.25) is 5.91 Å². The minimum absolute atomic E-state index is 0.0146. The Morgan fingerprint density at radius 2 is 1.82 bits per heavy atom. The summed E-state index contributed by atoms with van der Waals surface area (Å²) >= 11 is 1.66. The van der Waals surface area contributed by atoms with E-state index in [0.717, 1.165) is 73.9 Å².